The fourth-order valence-corrected chi connectivity index (χ4v) is 4.55. The number of rotatable bonds is 4. The van der Waals surface area contributed by atoms with E-state index in [1.165, 1.54) is 19.3 Å². The topological polar surface area (TPSA) is 84.7 Å². The van der Waals surface area contributed by atoms with Gasteiger partial charge >= 0.3 is 0 Å². The van der Waals surface area contributed by atoms with E-state index in [0.717, 1.165) is 53.9 Å². The lowest BCUT2D eigenvalue weighted by atomic mass is 9.92. The molecular weight excluding hydrogens is 376 g/mol. The average molecular weight is 403 g/mol. The number of benzene rings is 1. The lowest BCUT2D eigenvalue weighted by molar-refractivity contribution is 0.0921. The lowest BCUT2D eigenvalue weighted by Crippen LogP contribution is -2.36. The number of carbonyl (C=O) groups is 1. The first-order valence-corrected chi connectivity index (χ1v) is 10.7. The van der Waals surface area contributed by atoms with Gasteiger partial charge in [-0.15, -0.1) is 0 Å². The summed E-state index contributed by atoms with van der Waals surface area (Å²) in [6, 6.07) is 10.1. The van der Waals surface area contributed by atoms with Gasteiger partial charge in [0.1, 0.15) is 0 Å². The summed E-state index contributed by atoms with van der Waals surface area (Å²) in [7, 11) is 1.89. The van der Waals surface area contributed by atoms with Crippen LogP contribution in [0.4, 0.5) is 11.6 Å². The molecular formula is C23H26N6O. The maximum Gasteiger partial charge on any atom is 0.272 e. The summed E-state index contributed by atoms with van der Waals surface area (Å²) in [5.74, 6) is 0.487. The number of amides is 1. The van der Waals surface area contributed by atoms with Crippen molar-refractivity contribution in [1.82, 2.24) is 25.1 Å². The minimum atomic E-state index is -0.0566. The molecule has 2 heterocycles. The molecule has 1 fully saturated rings. The molecule has 3 aromatic rings. The summed E-state index contributed by atoms with van der Waals surface area (Å²) in [5.41, 5.74) is 5.33. The first-order chi connectivity index (χ1) is 14.7. The number of carbonyl (C=O) groups excluding carboxylic acids is 1. The molecule has 2 aliphatic rings. The molecule has 7 heteroatoms. The van der Waals surface area contributed by atoms with Crippen molar-refractivity contribution in [3.8, 4) is 11.4 Å². The minimum absolute atomic E-state index is 0.0566. The van der Waals surface area contributed by atoms with Crippen LogP contribution in [-0.2, 0) is 19.9 Å². The Balaban J connectivity index is 1.45. The predicted molar refractivity (Wildman–Crippen MR) is 116 cm³/mol. The number of hydrogen-bond donors (Lipinski definition) is 2. The second-order valence-electron chi connectivity index (χ2n) is 8.17. The number of aromatic nitrogens is 4. The van der Waals surface area contributed by atoms with E-state index in [0.29, 0.717) is 11.6 Å². The maximum absolute atomic E-state index is 13.0. The van der Waals surface area contributed by atoms with Gasteiger partial charge in [-0.05, 0) is 43.4 Å². The summed E-state index contributed by atoms with van der Waals surface area (Å²) in [6.45, 7) is 0. The predicted octanol–water partition coefficient (Wildman–Crippen LogP) is 3.78. The van der Waals surface area contributed by atoms with E-state index in [1.54, 1.807) is 4.68 Å². The number of anilines is 2. The Bertz CT molecular complexity index is 1070. The first-order valence-electron chi connectivity index (χ1n) is 10.7. The monoisotopic (exact) mass is 402 g/mol. The summed E-state index contributed by atoms with van der Waals surface area (Å²) in [4.78, 5) is 22.2. The zero-order valence-electron chi connectivity index (χ0n) is 17.2. The Kier molecular flexibility index (Phi) is 4.94. The SMILES string of the molecule is Cn1nc(C(=O)NC2CCCCC2)c2c1-c1nc(Nc3ccccc3)ncc1CC2. The van der Waals surface area contributed by atoms with Crippen LogP contribution in [0.3, 0.4) is 0 Å². The molecule has 1 amide bonds. The van der Waals surface area contributed by atoms with E-state index in [2.05, 4.69) is 20.7 Å². The Hall–Kier alpha value is -3.22. The molecule has 0 spiro atoms. The summed E-state index contributed by atoms with van der Waals surface area (Å²) >= 11 is 0. The van der Waals surface area contributed by atoms with Crippen molar-refractivity contribution in [3.05, 3.63) is 53.3 Å². The molecule has 0 unspecified atom stereocenters. The highest BCUT2D eigenvalue weighted by Gasteiger charge is 2.29. The van der Waals surface area contributed by atoms with Gasteiger partial charge in [-0.25, -0.2) is 9.97 Å². The minimum Gasteiger partial charge on any atom is -0.348 e. The van der Waals surface area contributed by atoms with Crippen LogP contribution >= 0.6 is 0 Å². The molecule has 30 heavy (non-hydrogen) atoms. The van der Waals surface area contributed by atoms with Crippen molar-refractivity contribution in [2.75, 3.05) is 5.32 Å². The van der Waals surface area contributed by atoms with Gasteiger partial charge in [0.2, 0.25) is 5.95 Å². The second kappa shape index (κ2) is 7.89. The number of fused-ring (bicyclic) bond motifs is 3. The van der Waals surface area contributed by atoms with Crippen LogP contribution < -0.4 is 10.6 Å². The Morgan fingerprint density at radius 3 is 2.70 bits per heavy atom. The van der Waals surface area contributed by atoms with E-state index in [-0.39, 0.29) is 11.9 Å². The zero-order chi connectivity index (χ0) is 20.5. The third-order valence-corrected chi connectivity index (χ3v) is 6.06. The normalized spacial score (nSPS) is 15.9. The molecule has 2 N–H and O–H groups in total. The quantitative estimate of drug-likeness (QED) is 0.694. The van der Waals surface area contributed by atoms with Crippen LogP contribution in [0.25, 0.3) is 11.4 Å². The summed E-state index contributed by atoms with van der Waals surface area (Å²) in [5, 5.41) is 11.1. The van der Waals surface area contributed by atoms with Crippen molar-refractivity contribution in [2.24, 2.45) is 7.05 Å². The molecule has 154 valence electrons. The van der Waals surface area contributed by atoms with E-state index in [9.17, 15) is 4.79 Å². The van der Waals surface area contributed by atoms with Gasteiger partial charge in [0.15, 0.2) is 5.69 Å². The Labute approximate surface area is 175 Å². The van der Waals surface area contributed by atoms with Crippen LogP contribution in [0.5, 0.6) is 0 Å². The van der Waals surface area contributed by atoms with Crippen LogP contribution in [0.2, 0.25) is 0 Å². The molecule has 1 aromatic carbocycles. The highest BCUT2D eigenvalue weighted by Crippen LogP contribution is 2.34. The number of para-hydroxylation sites is 1. The van der Waals surface area contributed by atoms with Gasteiger partial charge in [0.25, 0.3) is 5.91 Å². The molecule has 0 atom stereocenters. The molecule has 7 nitrogen and oxygen atoms in total. The Morgan fingerprint density at radius 1 is 1.10 bits per heavy atom. The molecule has 5 rings (SSSR count). The first kappa shape index (κ1) is 18.8. The van der Waals surface area contributed by atoms with Crippen LogP contribution in [-0.4, -0.2) is 31.7 Å². The molecule has 0 saturated heterocycles. The van der Waals surface area contributed by atoms with Gasteiger partial charge in [0, 0.05) is 30.5 Å². The van der Waals surface area contributed by atoms with Crippen LogP contribution in [0.15, 0.2) is 36.5 Å². The molecule has 0 bridgehead atoms. The van der Waals surface area contributed by atoms with Crippen molar-refractivity contribution >= 4 is 17.5 Å². The number of nitrogens with one attached hydrogen (secondary N) is 2. The second-order valence-corrected chi connectivity index (χ2v) is 8.17. The molecule has 2 aromatic heterocycles. The van der Waals surface area contributed by atoms with Crippen molar-refractivity contribution < 1.29 is 4.79 Å². The van der Waals surface area contributed by atoms with E-state index >= 15 is 0 Å². The third kappa shape index (κ3) is 3.56. The van der Waals surface area contributed by atoms with Gasteiger partial charge in [0.05, 0.1) is 11.4 Å². The maximum atomic E-state index is 13.0. The van der Waals surface area contributed by atoms with E-state index in [4.69, 9.17) is 4.98 Å². The van der Waals surface area contributed by atoms with E-state index < -0.39 is 0 Å². The van der Waals surface area contributed by atoms with Gasteiger partial charge < -0.3 is 10.6 Å². The van der Waals surface area contributed by atoms with Crippen LogP contribution in [0.1, 0.15) is 53.7 Å². The van der Waals surface area contributed by atoms with Crippen LogP contribution in [0, 0.1) is 0 Å². The molecule has 1 saturated carbocycles. The largest absolute Gasteiger partial charge is 0.348 e. The fraction of sp³-hybridized carbons (Fsp3) is 0.391. The number of hydrogen-bond acceptors (Lipinski definition) is 5. The number of nitrogens with zero attached hydrogens (tertiary/aromatic N) is 4. The van der Waals surface area contributed by atoms with Crippen molar-refractivity contribution in [1.29, 1.82) is 0 Å². The summed E-state index contributed by atoms with van der Waals surface area (Å²) < 4.78 is 1.79. The van der Waals surface area contributed by atoms with Gasteiger partial charge in [-0.3, -0.25) is 9.48 Å². The standard InChI is InChI=1S/C23H26N6O/c1-29-21-18(20(28-29)22(30)25-16-8-4-2-5-9-16)13-12-15-14-24-23(27-19(15)21)26-17-10-6-3-7-11-17/h3,6-7,10-11,14,16H,2,4-5,8-9,12-13H2,1H3,(H,25,30)(H,24,26,27). The zero-order valence-corrected chi connectivity index (χ0v) is 17.2. The highest BCUT2D eigenvalue weighted by molar-refractivity contribution is 5.96. The smallest absolute Gasteiger partial charge is 0.272 e. The van der Waals surface area contributed by atoms with Gasteiger partial charge in [-0.1, -0.05) is 37.5 Å². The highest BCUT2D eigenvalue weighted by atomic mass is 16.2. The van der Waals surface area contributed by atoms with Crippen molar-refractivity contribution in [3.63, 3.8) is 0 Å². The lowest BCUT2D eigenvalue weighted by Gasteiger charge is -2.22. The molecule has 0 radical (unpaired) electrons. The third-order valence-electron chi connectivity index (χ3n) is 6.06. The van der Waals surface area contributed by atoms with E-state index in [1.807, 2.05) is 43.6 Å². The number of aryl methyl sites for hydroxylation is 2. The Morgan fingerprint density at radius 2 is 1.90 bits per heavy atom. The fourth-order valence-electron chi connectivity index (χ4n) is 4.55. The summed E-state index contributed by atoms with van der Waals surface area (Å²) in [6.07, 6.45) is 9.23. The van der Waals surface area contributed by atoms with Gasteiger partial charge in [-0.2, -0.15) is 5.10 Å². The molecule has 0 aliphatic heterocycles. The average Bonchev–Trinajstić information content (AvgIpc) is 3.12. The van der Waals surface area contributed by atoms with Crippen molar-refractivity contribution in [2.45, 2.75) is 51.0 Å². The molecule has 2 aliphatic carbocycles.